The van der Waals surface area contributed by atoms with Crippen LogP contribution in [0.15, 0.2) is 24.3 Å². The summed E-state index contributed by atoms with van der Waals surface area (Å²) >= 11 is 0. The highest BCUT2D eigenvalue weighted by molar-refractivity contribution is 5.85. The molecule has 102 valence electrons. The third-order valence-corrected chi connectivity index (χ3v) is 3.50. The molecule has 0 amide bonds. The van der Waals surface area contributed by atoms with Gasteiger partial charge in [0.1, 0.15) is 5.75 Å². The molecule has 0 saturated carbocycles. The van der Waals surface area contributed by atoms with Crippen LogP contribution in [0, 0.1) is 0 Å². The summed E-state index contributed by atoms with van der Waals surface area (Å²) in [5, 5.41) is 3.28. The number of likely N-dealkylation sites (N-methyl/N-ethyl adjacent to an activating group) is 1. The minimum absolute atomic E-state index is 0. The molecule has 2 rings (SSSR count). The van der Waals surface area contributed by atoms with Crippen LogP contribution in [0.2, 0.25) is 0 Å². The molecule has 1 aromatic rings. The first kappa shape index (κ1) is 15.3. The number of benzene rings is 1. The van der Waals surface area contributed by atoms with E-state index in [0.29, 0.717) is 6.04 Å². The fraction of sp³-hybridized carbons (Fsp3) is 0.571. The van der Waals surface area contributed by atoms with Crippen molar-refractivity contribution in [2.24, 2.45) is 0 Å². The van der Waals surface area contributed by atoms with Crippen molar-refractivity contribution in [1.82, 2.24) is 10.2 Å². The monoisotopic (exact) mass is 270 g/mol. The Labute approximate surface area is 116 Å². The van der Waals surface area contributed by atoms with Crippen molar-refractivity contribution in [3.05, 3.63) is 29.8 Å². The molecule has 0 aromatic heterocycles. The van der Waals surface area contributed by atoms with E-state index < -0.39 is 0 Å². The summed E-state index contributed by atoms with van der Waals surface area (Å²) in [5.74, 6) is 1.00. The molecule has 1 aliphatic heterocycles. The van der Waals surface area contributed by atoms with Crippen molar-refractivity contribution < 1.29 is 4.74 Å². The maximum atomic E-state index is 5.41. The molecule has 1 saturated heterocycles. The van der Waals surface area contributed by atoms with Gasteiger partial charge in [-0.25, -0.2) is 0 Å². The Balaban J connectivity index is 0.00000162. The van der Waals surface area contributed by atoms with E-state index in [-0.39, 0.29) is 12.4 Å². The summed E-state index contributed by atoms with van der Waals surface area (Å²) < 4.78 is 5.41. The van der Waals surface area contributed by atoms with E-state index in [0.717, 1.165) is 18.8 Å². The lowest BCUT2D eigenvalue weighted by Crippen LogP contribution is -2.36. The first-order valence-corrected chi connectivity index (χ1v) is 6.35. The standard InChI is InChI=1S/C14H22N2O.ClH/c1-15-10-13-7-5-9-16(13)11-12-6-3-4-8-14(12)17-2;/h3-4,6,8,13,15H,5,7,9-11H2,1-2H3;1H. The molecular weight excluding hydrogens is 248 g/mol. The maximum Gasteiger partial charge on any atom is 0.123 e. The van der Waals surface area contributed by atoms with Crippen molar-refractivity contribution in [3.8, 4) is 5.75 Å². The van der Waals surface area contributed by atoms with Crippen LogP contribution in [0.1, 0.15) is 18.4 Å². The van der Waals surface area contributed by atoms with E-state index >= 15 is 0 Å². The van der Waals surface area contributed by atoms with Gasteiger partial charge < -0.3 is 10.1 Å². The fourth-order valence-corrected chi connectivity index (χ4v) is 2.62. The molecule has 1 atom stereocenters. The number of rotatable bonds is 5. The Morgan fingerprint density at radius 3 is 2.89 bits per heavy atom. The van der Waals surface area contributed by atoms with Crippen LogP contribution in [-0.2, 0) is 6.54 Å². The predicted molar refractivity (Wildman–Crippen MR) is 77.6 cm³/mol. The van der Waals surface area contributed by atoms with Gasteiger partial charge in [0, 0.05) is 24.7 Å². The average molecular weight is 271 g/mol. The highest BCUT2D eigenvalue weighted by atomic mass is 35.5. The van der Waals surface area contributed by atoms with Crippen LogP contribution in [0.25, 0.3) is 0 Å². The third kappa shape index (κ3) is 3.61. The second-order valence-corrected chi connectivity index (χ2v) is 4.64. The summed E-state index contributed by atoms with van der Waals surface area (Å²) in [5.41, 5.74) is 1.29. The van der Waals surface area contributed by atoms with Crippen LogP contribution < -0.4 is 10.1 Å². The molecule has 1 N–H and O–H groups in total. The van der Waals surface area contributed by atoms with E-state index in [4.69, 9.17) is 4.74 Å². The van der Waals surface area contributed by atoms with Gasteiger partial charge in [0.05, 0.1) is 7.11 Å². The van der Waals surface area contributed by atoms with E-state index in [1.807, 2.05) is 19.2 Å². The van der Waals surface area contributed by atoms with Gasteiger partial charge >= 0.3 is 0 Å². The average Bonchev–Trinajstić information content (AvgIpc) is 2.78. The SMILES string of the molecule is CNCC1CCCN1Cc1ccccc1OC.Cl. The summed E-state index contributed by atoms with van der Waals surface area (Å²) in [6, 6.07) is 8.98. The number of nitrogens with one attached hydrogen (secondary N) is 1. The lowest BCUT2D eigenvalue weighted by Gasteiger charge is -2.25. The smallest absolute Gasteiger partial charge is 0.123 e. The Bertz CT molecular complexity index is 359. The van der Waals surface area contributed by atoms with Gasteiger partial charge in [-0.1, -0.05) is 18.2 Å². The Morgan fingerprint density at radius 1 is 1.39 bits per heavy atom. The maximum absolute atomic E-state index is 5.41. The van der Waals surface area contributed by atoms with Crippen molar-refractivity contribution in [2.45, 2.75) is 25.4 Å². The molecule has 1 aliphatic rings. The van der Waals surface area contributed by atoms with E-state index in [1.165, 1.54) is 24.9 Å². The highest BCUT2D eigenvalue weighted by Crippen LogP contribution is 2.24. The van der Waals surface area contributed by atoms with Gasteiger partial charge in [0.15, 0.2) is 0 Å². The molecule has 0 aliphatic carbocycles. The molecular formula is C14H23ClN2O. The molecule has 1 aromatic carbocycles. The van der Waals surface area contributed by atoms with Crippen LogP contribution >= 0.6 is 12.4 Å². The Hall–Kier alpha value is -0.770. The van der Waals surface area contributed by atoms with Crippen molar-refractivity contribution in [2.75, 3.05) is 27.2 Å². The summed E-state index contributed by atoms with van der Waals surface area (Å²) in [4.78, 5) is 2.55. The number of methoxy groups -OCH3 is 1. The third-order valence-electron chi connectivity index (χ3n) is 3.50. The Morgan fingerprint density at radius 2 is 2.17 bits per heavy atom. The fourth-order valence-electron chi connectivity index (χ4n) is 2.62. The van der Waals surface area contributed by atoms with E-state index in [1.54, 1.807) is 7.11 Å². The number of halogens is 1. The minimum Gasteiger partial charge on any atom is -0.496 e. The van der Waals surface area contributed by atoms with Gasteiger partial charge in [-0.3, -0.25) is 4.90 Å². The van der Waals surface area contributed by atoms with E-state index in [9.17, 15) is 0 Å². The Kier molecular flexibility index (Phi) is 6.47. The number of ether oxygens (including phenoxy) is 1. The van der Waals surface area contributed by atoms with Crippen LogP contribution in [0.3, 0.4) is 0 Å². The molecule has 1 fully saturated rings. The number of likely N-dealkylation sites (tertiary alicyclic amines) is 1. The number of para-hydroxylation sites is 1. The molecule has 0 radical (unpaired) electrons. The van der Waals surface area contributed by atoms with Gasteiger partial charge in [-0.15, -0.1) is 12.4 Å². The molecule has 0 spiro atoms. The number of hydrogen-bond donors (Lipinski definition) is 1. The second kappa shape index (κ2) is 7.62. The minimum atomic E-state index is 0. The van der Waals surface area contributed by atoms with Gasteiger partial charge in [0.25, 0.3) is 0 Å². The molecule has 3 nitrogen and oxygen atoms in total. The quantitative estimate of drug-likeness (QED) is 0.889. The van der Waals surface area contributed by atoms with Crippen LogP contribution in [0.5, 0.6) is 5.75 Å². The molecule has 18 heavy (non-hydrogen) atoms. The number of hydrogen-bond acceptors (Lipinski definition) is 3. The molecule has 1 heterocycles. The summed E-state index contributed by atoms with van der Waals surface area (Å²) in [6.07, 6.45) is 2.61. The lowest BCUT2D eigenvalue weighted by atomic mass is 10.1. The summed E-state index contributed by atoms with van der Waals surface area (Å²) in [7, 11) is 3.77. The van der Waals surface area contributed by atoms with Crippen molar-refractivity contribution in [3.63, 3.8) is 0 Å². The van der Waals surface area contributed by atoms with Gasteiger partial charge in [-0.05, 0) is 32.5 Å². The largest absolute Gasteiger partial charge is 0.496 e. The highest BCUT2D eigenvalue weighted by Gasteiger charge is 2.24. The molecule has 4 heteroatoms. The molecule has 0 bridgehead atoms. The van der Waals surface area contributed by atoms with E-state index in [2.05, 4.69) is 22.3 Å². The predicted octanol–water partition coefficient (Wildman–Crippen LogP) is 2.30. The molecule has 1 unspecified atom stereocenters. The topological polar surface area (TPSA) is 24.5 Å². The first-order valence-electron chi connectivity index (χ1n) is 6.35. The first-order chi connectivity index (χ1) is 8.35. The van der Waals surface area contributed by atoms with Crippen molar-refractivity contribution in [1.29, 1.82) is 0 Å². The normalized spacial score (nSPS) is 19.6. The lowest BCUT2D eigenvalue weighted by molar-refractivity contribution is 0.239. The van der Waals surface area contributed by atoms with Gasteiger partial charge in [0.2, 0.25) is 0 Å². The zero-order valence-corrected chi connectivity index (χ0v) is 12.0. The van der Waals surface area contributed by atoms with Crippen molar-refractivity contribution >= 4 is 12.4 Å². The second-order valence-electron chi connectivity index (χ2n) is 4.64. The number of nitrogens with zero attached hydrogens (tertiary/aromatic N) is 1. The summed E-state index contributed by atoms with van der Waals surface area (Å²) in [6.45, 7) is 3.27. The zero-order valence-electron chi connectivity index (χ0n) is 11.2. The zero-order chi connectivity index (χ0) is 12.1. The van der Waals surface area contributed by atoms with Crippen LogP contribution in [0.4, 0.5) is 0 Å². The van der Waals surface area contributed by atoms with Crippen LogP contribution in [-0.4, -0.2) is 38.2 Å². The van der Waals surface area contributed by atoms with Gasteiger partial charge in [-0.2, -0.15) is 0 Å².